The first-order valence-corrected chi connectivity index (χ1v) is 10.6. The van der Waals surface area contributed by atoms with Crippen LogP contribution in [-0.2, 0) is 6.54 Å². The molecule has 2 bridgehead atoms. The largest absolute Gasteiger partial charge is 0.326 e. The maximum Gasteiger partial charge on any atom is 0.0991 e. The fourth-order valence-corrected chi connectivity index (χ4v) is 5.61. The van der Waals surface area contributed by atoms with Gasteiger partial charge >= 0.3 is 0 Å². The molecule has 28 heavy (non-hydrogen) atoms. The van der Waals surface area contributed by atoms with E-state index in [1.165, 1.54) is 45.9 Å². The zero-order valence-electron chi connectivity index (χ0n) is 15.6. The summed E-state index contributed by atoms with van der Waals surface area (Å²) in [5, 5.41) is 9.11. The van der Waals surface area contributed by atoms with E-state index in [0.29, 0.717) is 23.7 Å². The Kier molecular flexibility index (Phi) is 4.48. The molecule has 3 heterocycles. The third-order valence-corrected chi connectivity index (χ3v) is 7.01. The predicted octanol–water partition coefficient (Wildman–Crippen LogP) is 4.41. The summed E-state index contributed by atoms with van der Waals surface area (Å²) in [4.78, 5) is 3.80. The quantitative estimate of drug-likeness (QED) is 0.721. The zero-order valence-corrected chi connectivity index (χ0v) is 16.4. The average Bonchev–Trinajstić information content (AvgIpc) is 3.45. The molecular weight excluding hydrogens is 364 g/mol. The molecule has 2 fully saturated rings. The van der Waals surface area contributed by atoms with Gasteiger partial charge in [-0.25, -0.2) is 4.37 Å². The van der Waals surface area contributed by atoms with Crippen LogP contribution in [0.15, 0.2) is 54.7 Å². The molecule has 5 rings (SSSR count). The second-order valence-electron chi connectivity index (χ2n) is 7.78. The minimum Gasteiger partial charge on any atom is -0.326 e. The van der Waals surface area contributed by atoms with Gasteiger partial charge in [0.25, 0.3) is 0 Å². The summed E-state index contributed by atoms with van der Waals surface area (Å²) in [5.41, 5.74) is 12.0. The minimum atomic E-state index is 0.312. The Morgan fingerprint density at radius 1 is 1.14 bits per heavy atom. The number of fused-ring (bicyclic) bond motifs is 2. The third kappa shape index (κ3) is 2.94. The molecule has 0 aliphatic carbocycles. The van der Waals surface area contributed by atoms with Gasteiger partial charge in [0.05, 0.1) is 16.5 Å². The van der Waals surface area contributed by atoms with Crippen molar-refractivity contribution in [1.82, 2.24) is 9.27 Å². The van der Waals surface area contributed by atoms with Gasteiger partial charge in [-0.1, -0.05) is 30.3 Å². The highest BCUT2D eigenvalue weighted by Crippen LogP contribution is 2.41. The van der Waals surface area contributed by atoms with Gasteiger partial charge in [0.1, 0.15) is 0 Å². The van der Waals surface area contributed by atoms with Crippen molar-refractivity contribution in [3.05, 3.63) is 65.9 Å². The number of hydrogen-bond acceptors (Lipinski definition) is 5. The van der Waals surface area contributed by atoms with E-state index in [2.05, 4.69) is 39.6 Å². The molecule has 2 aliphatic heterocycles. The molecule has 3 atom stereocenters. The molecule has 2 aromatic carbocycles. The monoisotopic (exact) mass is 386 g/mol. The van der Waals surface area contributed by atoms with Crippen molar-refractivity contribution in [2.45, 2.75) is 43.9 Å². The second kappa shape index (κ2) is 7.14. The standard InChI is InChI=1S/C23H22N4S/c24-13-15-4-6-16(7-5-15)19-3-1-2-17(23(19)22-10-11-26-28-22)14-27-18-8-9-21(27)20(25)12-18/h1-7,10-11,18,20-21H,8-9,12,14,25H2/t18-,20+,21+/m0/s1. The van der Waals surface area contributed by atoms with Crippen LogP contribution in [-0.4, -0.2) is 27.4 Å². The fraction of sp³-hybridized carbons (Fsp3) is 0.304. The van der Waals surface area contributed by atoms with Crippen molar-refractivity contribution in [3.8, 4) is 27.6 Å². The van der Waals surface area contributed by atoms with Gasteiger partial charge in [0.15, 0.2) is 0 Å². The summed E-state index contributed by atoms with van der Waals surface area (Å²) >= 11 is 1.54. The second-order valence-corrected chi connectivity index (χ2v) is 8.61. The van der Waals surface area contributed by atoms with Crippen LogP contribution >= 0.6 is 11.5 Å². The van der Waals surface area contributed by atoms with Crippen LogP contribution in [0.5, 0.6) is 0 Å². The molecule has 140 valence electrons. The van der Waals surface area contributed by atoms with E-state index in [4.69, 9.17) is 11.0 Å². The normalized spacial score (nSPS) is 23.8. The van der Waals surface area contributed by atoms with E-state index in [1.54, 1.807) is 0 Å². The van der Waals surface area contributed by atoms with Crippen LogP contribution in [0.3, 0.4) is 0 Å². The van der Waals surface area contributed by atoms with Gasteiger partial charge in [0.2, 0.25) is 0 Å². The van der Waals surface area contributed by atoms with E-state index >= 15 is 0 Å². The molecule has 0 unspecified atom stereocenters. The molecule has 1 aromatic heterocycles. The van der Waals surface area contributed by atoms with Crippen molar-refractivity contribution in [2.24, 2.45) is 5.73 Å². The Hall–Kier alpha value is -2.52. The van der Waals surface area contributed by atoms with Crippen molar-refractivity contribution >= 4 is 11.5 Å². The van der Waals surface area contributed by atoms with Crippen LogP contribution in [0.25, 0.3) is 21.6 Å². The SMILES string of the molecule is N#Cc1ccc(-c2cccc(CN3[C@H]4CC[C@@H]3[C@H](N)C4)c2-c2ccns2)cc1. The summed E-state index contributed by atoms with van der Waals surface area (Å²) in [5.74, 6) is 0. The first-order valence-electron chi connectivity index (χ1n) is 9.79. The maximum atomic E-state index is 9.11. The first kappa shape index (κ1) is 17.6. The molecule has 5 heteroatoms. The molecule has 2 N–H and O–H groups in total. The molecule has 2 aliphatic rings. The average molecular weight is 387 g/mol. The number of nitrogens with zero attached hydrogens (tertiary/aromatic N) is 3. The van der Waals surface area contributed by atoms with Crippen LogP contribution in [0.4, 0.5) is 0 Å². The molecule has 4 nitrogen and oxygen atoms in total. The molecule has 0 saturated carbocycles. The highest BCUT2D eigenvalue weighted by atomic mass is 32.1. The fourth-order valence-electron chi connectivity index (χ4n) is 4.93. The van der Waals surface area contributed by atoms with Crippen LogP contribution in [0.2, 0.25) is 0 Å². The first-order chi connectivity index (χ1) is 13.7. The van der Waals surface area contributed by atoms with Crippen molar-refractivity contribution in [3.63, 3.8) is 0 Å². The van der Waals surface area contributed by atoms with Gasteiger partial charge in [-0.2, -0.15) is 5.26 Å². The van der Waals surface area contributed by atoms with E-state index < -0.39 is 0 Å². The van der Waals surface area contributed by atoms with Crippen molar-refractivity contribution in [1.29, 1.82) is 5.26 Å². The van der Waals surface area contributed by atoms with Crippen LogP contribution in [0.1, 0.15) is 30.4 Å². The summed E-state index contributed by atoms with van der Waals surface area (Å²) in [6, 6.07) is 20.2. The van der Waals surface area contributed by atoms with Gasteiger partial charge in [0, 0.05) is 36.4 Å². The molecule has 0 spiro atoms. The Labute approximate surface area is 169 Å². The van der Waals surface area contributed by atoms with E-state index in [0.717, 1.165) is 18.5 Å². The minimum absolute atomic E-state index is 0.312. The van der Waals surface area contributed by atoms with E-state index in [-0.39, 0.29) is 0 Å². The Balaban J connectivity index is 1.59. The third-order valence-electron chi connectivity index (χ3n) is 6.24. The molecule has 3 aromatic rings. The zero-order chi connectivity index (χ0) is 19.1. The van der Waals surface area contributed by atoms with Gasteiger partial charge in [-0.15, -0.1) is 0 Å². The van der Waals surface area contributed by atoms with Gasteiger partial charge < -0.3 is 5.73 Å². The smallest absolute Gasteiger partial charge is 0.0991 e. The highest BCUT2D eigenvalue weighted by molar-refractivity contribution is 7.09. The lowest BCUT2D eigenvalue weighted by atomic mass is 9.93. The lowest BCUT2D eigenvalue weighted by Crippen LogP contribution is -2.36. The van der Waals surface area contributed by atoms with E-state index in [1.807, 2.05) is 30.5 Å². The molecule has 0 amide bonds. The summed E-state index contributed by atoms with van der Waals surface area (Å²) < 4.78 is 4.35. The molecule has 0 radical (unpaired) electrons. The lowest BCUT2D eigenvalue weighted by molar-refractivity contribution is 0.239. The maximum absolute atomic E-state index is 9.11. The summed E-state index contributed by atoms with van der Waals surface area (Å²) in [7, 11) is 0. The van der Waals surface area contributed by atoms with Crippen molar-refractivity contribution < 1.29 is 0 Å². The number of nitriles is 1. The Morgan fingerprint density at radius 3 is 2.64 bits per heavy atom. The number of nitrogens with two attached hydrogens (primary N) is 1. The van der Waals surface area contributed by atoms with Crippen molar-refractivity contribution in [2.75, 3.05) is 0 Å². The number of aromatic nitrogens is 1. The molecule has 2 saturated heterocycles. The van der Waals surface area contributed by atoms with Gasteiger partial charge in [-0.05, 0) is 65.7 Å². The number of hydrogen-bond donors (Lipinski definition) is 1. The Morgan fingerprint density at radius 2 is 2.00 bits per heavy atom. The highest BCUT2D eigenvalue weighted by Gasteiger charge is 2.44. The van der Waals surface area contributed by atoms with E-state index in [9.17, 15) is 0 Å². The summed E-state index contributed by atoms with van der Waals surface area (Å²) in [6.45, 7) is 0.931. The Bertz CT molecular complexity index is 1020. The topological polar surface area (TPSA) is 65.9 Å². The van der Waals surface area contributed by atoms with Crippen LogP contribution in [0, 0.1) is 11.3 Å². The number of rotatable bonds is 4. The summed E-state index contributed by atoms with van der Waals surface area (Å²) in [6.07, 6.45) is 5.48. The van der Waals surface area contributed by atoms with Crippen LogP contribution < -0.4 is 5.73 Å². The van der Waals surface area contributed by atoms with Gasteiger partial charge in [-0.3, -0.25) is 4.90 Å². The number of benzene rings is 2. The molecular formula is C23H22N4S. The predicted molar refractivity (Wildman–Crippen MR) is 113 cm³/mol. The lowest BCUT2D eigenvalue weighted by Gasteiger charge is -2.25.